The van der Waals surface area contributed by atoms with Gasteiger partial charge in [-0.3, -0.25) is 14.2 Å². The van der Waals surface area contributed by atoms with Crippen molar-refractivity contribution in [2.24, 2.45) is 5.92 Å². The van der Waals surface area contributed by atoms with E-state index < -0.39 is 0 Å². The molecule has 2 heterocycles. The van der Waals surface area contributed by atoms with E-state index in [-0.39, 0.29) is 24.2 Å². The maximum atomic E-state index is 12.9. The van der Waals surface area contributed by atoms with Gasteiger partial charge in [0.15, 0.2) is 0 Å². The third-order valence-corrected chi connectivity index (χ3v) is 6.63. The zero-order valence-corrected chi connectivity index (χ0v) is 15.4. The molecule has 0 saturated heterocycles. The number of nitrogens with zero attached hydrogens (tertiary/aromatic N) is 2. The summed E-state index contributed by atoms with van der Waals surface area (Å²) in [6.45, 7) is 2.15. The lowest BCUT2D eigenvalue weighted by atomic mass is 9.89. The molecule has 2 aromatic heterocycles. The van der Waals surface area contributed by atoms with Gasteiger partial charge in [0.2, 0.25) is 0 Å². The standard InChI is InChI=1S/C19H24N2O3S/c1-12-5-4-6-13(9-12)24-16(22)10-21-11-20-18-17(19(21)23)14-7-2-3-8-15(14)25-18/h11-13H,2-10H2,1H3/t12-,13-/m0/s1. The van der Waals surface area contributed by atoms with Crippen LogP contribution in [0.3, 0.4) is 0 Å². The van der Waals surface area contributed by atoms with Crippen LogP contribution in [0.15, 0.2) is 11.1 Å². The van der Waals surface area contributed by atoms with Crippen LogP contribution in [0, 0.1) is 5.92 Å². The molecule has 134 valence electrons. The summed E-state index contributed by atoms with van der Waals surface area (Å²) in [4.78, 5) is 31.7. The minimum Gasteiger partial charge on any atom is -0.461 e. The van der Waals surface area contributed by atoms with Gasteiger partial charge in [-0.25, -0.2) is 4.98 Å². The SMILES string of the molecule is C[C@H]1CCC[C@H](OC(=O)Cn2cnc3sc4c(c3c2=O)CCCC4)C1. The summed E-state index contributed by atoms with van der Waals surface area (Å²) >= 11 is 1.63. The topological polar surface area (TPSA) is 61.2 Å². The Bertz CT molecular complexity index is 854. The number of fused-ring (bicyclic) bond motifs is 3. The van der Waals surface area contributed by atoms with Crippen LogP contribution in [0.4, 0.5) is 0 Å². The van der Waals surface area contributed by atoms with Gasteiger partial charge in [-0.1, -0.05) is 13.3 Å². The Balaban J connectivity index is 1.54. The normalized spacial score (nSPS) is 23.4. The molecule has 0 aliphatic heterocycles. The lowest BCUT2D eigenvalue weighted by Gasteiger charge is -2.26. The summed E-state index contributed by atoms with van der Waals surface area (Å²) in [6.07, 6.45) is 9.95. The molecule has 0 spiro atoms. The van der Waals surface area contributed by atoms with Crippen molar-refractivity contribution < 1.29 is 9.53 Å². The van der Waals surface area contributed by atoms with Crippen LogP contribution < -0.4 is 5.56 Å². The molecule has 0 aromatic carbocycles. The van der Waals surface area contributed by atoms with Crippen LogP contribution >= 0.6 is 11.3 Å². The molecule has 2 aromatic rings. The third-order valence-electron chi connectivity index (χ3n) is 5.43. The first kappa shape index (κ1) is 16.8. The van der Waals surface area contributed by atoms with Gasteiger partial charge >= 0.3 is 5.97 Å². The Kier molecular flexibility index (Phi) is 4.63. The Morgan fingerprint density at radius 2 is 2.16 bits per heavy atom. The quantitative estimate of drug-likeness (QED) is 0.787. The molecule has 0 N–H and O–H groups in total. The number of esters is 1. The predicted molar refractivity (Wildman–Crippen MR) is 98.0 cm³/mol. The lowest BCUT2D eigenvalue weighted by molar-refractivity contribution is -0.152. The molecule has 2 aliphatic rings. The van der Waals surface area contributed by atoms with Gasteiger partial charge < -0.3 is 4.74 Å². The summed E-state index contributed by atoms with van der Waals surface area (Å²) < 4.78 is 7.02. The monoisotopic (exact) mass is 360 g/mol. The smallest absolute Gasteiger partial charge is 0.326 e. The third kappa shape index (κ3) is 3.36. The fourth-order valence-corrected chi connectivity index (χ4v) is 5.36. The van der Waals surface area contributed by atoms with Crippen molar-refractivity contribution in [2.75, 3.05) is 0 Å². The van der Waals surface area contributed by atoms with Gasteiger partial charge in [0.25, 0.3) is 5.56 Å². The molecule has 0 bridgehead atoms. The zero-order valence-electron chi connectivity index (χ0n) is 14.6. The Morgan fingerprint density at radius 1 is 1.32 bits per heavy atom. The molecule has 1 fully saturated rings. The number of rotatable bonds is 3. The second-order valence-electron chi connectivity index (χ2n) is 7.45. The maximum Gasteiger partial charge on any atom is 0.326 e. The first-order chi connectivity index (χ1) is 12.1. The highest BCUT2D eigenvalue weighted by Crippen LogP contribution is 2.33. The number of carbonyl (C=O) groups excluding carboxylic acids is 1. The van der Waals surface area contributed by atoms with Crippen molar-refractivity contribution in [2.45, 2.75) is 70.9 Å². The van der Waals surface area contributed by atoms with E-state index in [0.717, 1.165) is 54.3 Å². The summed E-state index contributed by atoms with van der Waals surface area (Å²) in [5.41, 5.74) is 1.06. The average molecular weight is 360 g/mol. The Hall–Kier alpha value is -1.69. The number of ether oxygens (including phenoxy) is 1. The van der Waals surface area contributed by atoms with Crippen molar-refractivity contribution in [3.63, 3.8) is 0 Å². The maximum absolute atomic E-state index is 12.9. The van der Waals surface area contributed by atoms with E-state index in [0.29, 0.717) is 5.92 Å². The van der Waals surface area contributed by atoms with E-state index in [1.54, 1.807) is 11.3 Å². The minimum atomic E-state index is -0.327. The number of aryl methyl sites for hydroxylation is 2. The number of hydrogen-bond donors (Lipinski definition) is 0. The summed E-state index contributed by atoms with van der Waals surface area (Å²) in [5, 5.41) is 0.723. The summed E-state index contributed by atoms with van der Waals surface area (Å²) in [6, 6.07) is 0. The molecule has 0 radical (unpaired) electrons. The van der Waals surface area contributed by atoms with E-state index in [1.165, 1.54) is 28.6 Å². The molecule has 0 amide bonds. The summed E-state index contributed by atoms with van der Waals surface area (Å²) in [5.74, 6) is 0.274. The van der Waals surface area contributed by atoms with Crippen molar-refractivity contribution >= 4 is 27.5 Å². The highest BCUT2D eigenvalue weighted by atomic mass is 32.1. The zero-order chi connectivity index (χ0) is 17.4. The first-order valence-electron chi connectivity index (χ1n) is 9.31. The largest absolute Gasteiger partial charge is 0.461 e. The molecule has 2 atom stereocenters. The molecule has 1 saturated carbocycles. The number of carbonyl (C=O) groups is 1. The van der Waals surface area contributed by atoms with E-state index >= 15 is 0 Å². The molecule has 25 heavy (non-hydrogen) atoms. The van der Waals surface area contributed by atoms with Crippen LogP contribution in [-0.2, 0) is 28.9 Å². The molecule has 5 nitrogen and oxygen atoms in total. The Morgan fingerprint density at radius 3 is 3.00 bits per heavy atom. The van der Waals surface area contributed by atoms with E-state index in [2.05, 4.69) is 11.9 Å². The van der Waals surface area contributed by atoms with Gasteiger partial charge in [0, 0.05) is 4.88 Å². The van der Waals surface area contributed by atoms with Gasteiger partial charge in [0.05, 0.1) is 11.7 Å². The van der Waals surface area contributed by atoms with Crippen LogP contribution in [0.5, 0.6) is 0 Å². The van der Waals surface area contributed by atoms with Crippen molar-refractivity contribution in [3.05, 3.63) is 27.1 Å². The van der Waals surface area contributed by atoms with Crippen LogP contribution in [-0.4, -0.2) is 21.6 Å². The number of aromatic nitrogens is 2. The highest BCUT2D eigenvalue weighted by Gasteiger charge is 2.24. The fraction of sp³-hybridized carbons (Fsp3) is 0.632. The number of hydrogen-bond acceptors (Lipinski definition) is 5. The summed E-state index contributed by atoms with van der Waals surface area (Å²) in [7, 11) is 0. The first-order valence-corrected chi connectivity index (χ1v) is 10.1. The molecular weight excluding hydrogens is 336 g/mol. The van der Waals surface area contributed by atoms with Gasteiger partial charge in [-0.05, 0) is 56.4 Å². The van der Waals surface area contributed by atoms with Crippen LogP contribution in [0.25, 0.3) is 10.2 Å². The van der Waals surface area contributed by atoms with E-state index in [9.17, 15) is 9.59 Å². The molecule has 4 rings (SSSR count). The average Bonchev–Trinajstić information content (AvgIpc) is 2.96. The van der Waals surface area contributed by atoms with Gasteiger partial charge in [0.1, 0.15) is 17.5 Å². The van der Waals surface area contributed by atoms with Crippen LogP contribution in [0.2, 0.25) is 0 Å². The molecule has 2 aliphatic carbocycles. The predicted octanol–water partition coefficient (Wildman–Crippen LogP) is 3.46. The Labute approximate surface area is 151 Å². The van der Waals surface area contributed by atoms with Crippen LogP contribution in [0.1, 0.15) is 55.9 Å². The molecular formula is C19H24N2O3S. The second-order valence-corrected chi connectivity index (χ2v) is 8.54. The van der Waals surface area contributed by atoms with Crippen molar-refractivity contribution in [1.29, 1.82) is 0 Å². The highest BCUT2D eigenvalue weighted by molar-refractivity contribution is 7.18. The minimum absolute atomic E-state index is 0.00227. The van der Waals surface area contributed by atoms with Crippen molar-refractivity contribution in [3.8, 4) is 0 Å². The molecule has 6 heteroatoms. The van der Waals surface area contributed by atoms with E-state index in [4.69, 9.17) is 4.74 Å². The lowest BCUT2D eigenvalue weighted by Crippen LogP contribution is -2.30. The van der Waals surface area contributed by atoms with E-state index in [1.807, 2.05) is 0 Å². The van der Waals surface area contributed by atoms with Gasteiger partial charge in [-0.2, -0.15) is 0 Å². The van der Waals surface area contributed by atoms with Gasteiger partial charge in [-0.15, -0.1) is 11.3 Å². The molecule has 0 unspecified atom stereocenters. The number of thiophene rings is 1. The fourth-order valence-electron chi connectivity index (χ4n) is 4.14. The second kappa shape index (κ2) is 6.90. The van der Waals surface area contributed by atoms with Crippen molar-refractivity contribution in [1.82, 2.24) is 9.55 Å².